The fourth-order valence-electron chi connectivity index (χ4n) is 2.63. The van der Waals surface area contributed by atoms with Gasteiger partial charge in [-0.3, -0.25) is 4.79 Å². The van der Waals surface area contributed by atoms with Crippen LogP contribution in [0.15, 0.2) is 22.7 Å². The molecule has 136 valence electrons. The minimum absolute atomic E-state index is 0.276. The fourth-order valence-corrected chi connectivity index (χ4v) is 2.63. The van der Waals surface area contributed by atoms with Crippen LogP contribution in [0.2, 0.25) is 0 Å². The Morgan fingerprint density at radius 1 is 1.28 bits per heavy atom. The zero-order chi connectivity index (χ0) is 18.9. The number of anilines is 2. The van der Waals surface area contributed by atoms with E-state index >= 15 is 0 Å². The molecule has 1 unspecified atom stereocenters. The summed E-state index contributed by atoms with van der Waals surface area (Å²) in [6.07, 6.45) is -4.58. The van der Waals surface area contributed by atoms with Gasteiger partial charge in [-0.15, -0.1) is 0 Å². The molecule has 1 aromatic heterocycles. The number of aromatic nitrogens is 1. The number of hydrogen-bond donors (Lipinski definition) is 1. The second-order valence-corrected chi connectivity index (χ2v) is 6.07. The molecule has 0 aliphatic carbocycles. The summed E-state index contributed by atoms with van der Waals surface area (Å²) in [6.45, 7) is 4.94. The number of aryl methyl sites for hydroxylation is 2. The smallest absolute Gasteiger partial charge is 0.378 e. The third-order valence-corrected chi connectivity index (χ3v) is 4.00. The van der Waals surface area contributed by atoms with Crippen LogP contribution in [0.4, 0.5) is 24.5 Å². The van der Waals surface area contributed by atoms with Crippen molar-refractivity contribution in [3.63, 3.8) is 0 Å². The number of alkyl halides is 3. The SMILES string of the molecule is Cc1noc(C)c1C(C)C(=O)Nc1ccc(N(C)C)cc1C(F)(F)F. The number of nitrogens with one attached hydrogen (secondary N) is 1. The second-order valence-electron chi connectivity index (χ2n) is 6.07. The molecule has 25 heavy (non-hydrogen) atoms. The lowest BCUT2D eigenvalue weighted by Crippen LogP contribution is -2.22. The molecule has 0 aliphatic rings. The first-order valence-corrected chi connectivity index (χ1v) is 7.64. The minimum atomic E-state index is -4.58. The summed E-state index contributed by atoms with van der Waals surface area (Å²) in [4.78, 5) is 14.0. The zero-order valence-electron chi connectivity index (χ0n) is 14.7. The Balaban J connectivity index is 2.35. The maximum Gasteiger partial charge on any atom is 0.418 e. The van der Waals surface area contributed by atoms with Crippen LogP contribution in [-0.4, -0.2) is 25.2 Å². The van der Waals surface area contributed by atoms with E-state index in [2.05, 4.69) is 10.5 Å². The highest BCUT2D eigenvalue weighted by molar-refractivity contribution is 5.96. The maximum absolute atomic E-state index is 13.4. The van der Waals surface area contributed by atoms with Crippen molar-refractivity contribution in [2.45, 2.75) is 32.9 Å². The number of carbonyl (C=O) groups is 1. The average Bonchev–Trinajstić information content (AvgIpc) is 2.84. The van der Waals surface area contributed by atoms with Crippen LogP contribution in [0.3, 0.4) is 0 Å². The summed E-state index contributed by atoms with van der Waals surface area (Å²) in [7, 11) is 3.29. The molecule has 5 nitrogen and oxygen atoms in total. The lowest BCUT2D eigenvalue weighted by atomic mass is 9.98. The largest absolute Gasteiger partial charge is 0.418 e. The highest BCUT2D eigenvalue weighted by atomic mass is 19.4. The Labute approximate surface area is 143 Å². The molecule has 2 rings (SSSR count). The standard InChI is InChI=1S/C17H20F3N3O2/c1-9(15-10(2)22-25-11(15)3)16(24)21-14-7-6-12(23(4)5)8-13(14)17(18,19)20/h6-9H,1-5H3,(H,21,24). The van der Waals surface area contributed by atoms with E-state index < -0.39 is 23.6 Å². The van der Waals surface area contributed by atoms with Gasteiger partial charge in [0.05, 0.1) is 22.9 Å². The number of nitrogens with zero attached hydrogens (tertiary/aromatic N) is 2. The lowest BCUT2D eigenvalue weighted by molar-refractivity contribution is -0.136. The van der Waals surface area contributed by atoms with Crippen molar-refractivity contribution in [3.05, 3.63) is 40.8 Å². The first-order valence-electron chi connectivity index (χ1n) is 7.64. The van der Waals surface area contributed by atoms with E-state index in [4.69, 9.17) is 4.52 Å². The quantitative estimate of drug-likeness (QED) is 0.896. The molecular formula is C17H20F3N3O2. The van der Waals surface area contributed by atoms with Crippen molar-refractivity contribution in [2.75, 3.05) is 24.3 Å². The number of amides is 1. The number of carbonyl (C=O) groups excluding carboxylic acids is 1. The molecule has 1 amide bonds. The molecule has 8 heteroatoms. The Bertz CT molecular complexity index is 762. The number of hydrogen-bond acceptors (Lipinski definition) is 4. The van der Waals surface area contributed by atoms with Crippen LogP contribution in [0, 0.1) is 13.8 Å². The molecule has 0 saturated heterocycles. The molecule has 1 aromatic carbocycles. The van der Waals surface area contributed by atoms with Gasteiger partial charge >= 0.3 is 6.18 Å². The molecule has 0 radical (unpaired) electrons. The molecule has 1 atom stereocenters. The van der Waals surface area contributed by atoms with Gasteiger partial charge in [-0.05, 0) is 39.0 Å². The summed E-state index contributed by atoms with van der Waals surface area (Å²) in [6, 6.07) is 3.79. The van der Waals surface area contributed by atoms with Crippen LogP contribution in [-0.2, 0) is 11.0 Å². The second kappa shape index (κ2) is 6.78. The fraction of sp³-hybridized carbons (Fsp3) is 0.412. The molecule has 0 aliphatic heterocycles. The van der Waals surface area contributed by atoms with E-state index in [1.54, 1.807) is 39.8 Å². The first kappa shape index (κ1) is 18.8. The molecular weight excluding hydrogens is 335 g/mol. The molecule has 0 fully saturated rings. The maximum atomic E-state index is 13.4. The van der Waals surface area contributed by atoms with Gasteiger partial charge in [0.1, 0.15) is 5.76 Å². The van der Waals surface area contributed by atoms with E-state index in [0.717, 1.165) is 6.07 Å². The molecule has 0 spiro atoms. The Morgan fingerprint density at radius 2 is 1.92 bits per heavy atom. The van der Waals surface area contributed by atoms with Crippen molar-refractivity contribution in [2.24, 2.45) is 0 Å². The van der Waals surface area contributed by atoms with Crippen LogP contribution in [0.5, 0.6) is 0 Å². The number of halogens is 3. The van der Waals surface area contributed by atoms with Gasteiger partial charge < -0.3 is 14.7 Å². The van der Waals surface area contributed by atoms with Crippen LogP contribution in [0.25, 0.3) is 0 Å². The Hall–Kier alpha value is -2.51. The van der Waals surface area contributed by atoms with Crippen LogP contribution in [0.1, 0.15) is 35.4 Å². The van der Waals surface area contributed by atoms with Crippen molar-refractivity contribution in [1.29, 1.82) is 0 Å². The van der Waals surface area contributed by atoms with Gasteiger partial charge in [-0.25, -0.2) is 0 Å². The molecule has 2 aromatic rings. The third kappa shape index (κ3) is 3.94. The van der Waals surface area contributed by atoms with E-state index in [1.807, 2.05) is 0 Å². The molecule has 1 heterocycles. The normalized spacial score (nSPS) is 12.8. The molecule has 1 N–H and O–H groups in total. The summed E-state index contributed by atoms with van der Waals surface area (Å²) in [5, 5.41) is 6.15. The third-order valence-electron chi connectivity index (χ3n) is 4.00. The van der Waals surface area contributed by atoms with E-state index in [0.29, 0.717) is 22.7 Å². The van der Waals surface area contributed by atoms with Gasteiger partial charge in [0.2, 0.25) is 5.91 Å². The molecule has 0 bridgehead atoms. The Kier molecular flexibility index (Phi) is 5.10. The minimum Gasteiger partial charge on any atom is -0.378 e. The van der Waals surface area contributed by atoms with Crippen LogP contribution < -0.4 is 10.2 Å². The topological polar surface area (TPSA) is 58.4 Å². The summed E-state index contributed by atoms with van der Waals surface area (Å²) in [5.41, 5.74) is 0.346. The van der Waals surface area contributed by atoms with Crippen LogP contribution >= 0.6 is 0 Å². The van der Waals surface area contributed by atoms with Crippen molar-refractivity contribution >= 4 is 17.3 Å². The monoisotopic (exact) mass is 355 g/mol. The van der Waals surface area contributed by atoms with Crippen molar-refractivity contribution in [1.82, 2.24) is 5.16 Å². The van der Waals surface area contributed by atoms with Crippen molar-refractivity contribution in [3.8, 4) is 0 Å². The summed E-state index contributed by atoms with van der Waals surface area (Å²) >= 11 is 0. The van der Waals surface area contributed by atoms with E-state index in [9.17, 15) is 18.0 Å². The predicted octanol–water partition coefficient (Wildman–Crippen LogP) is 4.12. The van der Waals surface area contributed by atoms with Gasteiger partial charge in [0.15, 0.2) is 0 Å². The number of rotatable bonds is 4. The van der Waals surface area contributed by atoms with E-state index in [1.165, 1.54) is 12.1 Å². The highest BCUT2D eigenvalue weighted by Crippen LogP contribution is 2.37. The lowest BCUT2D eigenvalue weighted by Gasteiger charge is -2.20. The first-order chi connectivity index (χ1) is 11.5. The van der Waals surface area contributed by atoms with Gasteiger partial charge in [-0.1, -0.05) is 5.16 Å². The highest BCUT2D eigenvalue weighted by Gasteiger charge is 2.35. The Morgan fingerprint density at radius 3 is 2.40 bits per heavy atom. The van der Waals surface area contributed by atoms with Gasteiger partial charge in [0.25, 0.3) is 0 Å². The van der Waals surface area contributed by atoms with Crippen molar-refractivity contribution < 1.29 is 22.5 Å². The van der Waals surface area contributed by atoms with Gasteiger partial charge in [0, 0.05) is 25.3 Å². The number of benzene rings is 1. The van der Waals surface area contributed by atoms with E-state index in [-0.39, 0.29) is 5.69 Å². The zero-order valence-corrected chi connectivity index (χ0v) is 14.7. The predicted molar refractivity (Wildman–Crippen MR) is 88.8 cm³/mol. The summed E-state index contributed by atoms with van der Waals surface area (Å²) < 4.78 is 45.1. The summed E-state index contributed by atoms with van der Waals surface area (Å²) in [5.74, 6) is -0.780. The van der Waals surface area contributed by atoms with Gasteiger partial charge in [-0.2, -0.15) is 13.2 Å². The molecule has 0 saturated carbocycles. The average molecular weight is 355 g/mol.